The van der Waals surface area contributed by atoms with Crippen molar-refractivity contribution in [3.63, 3.8) is 0 Å². The van der Waals surface area contributed by atoms with E-state index < -0.39 is 0 Å². The Labute approximate surface area is 117 Å². The molecule has 0 saturated heterocycles. The molecule has 1 aromatic rings. The zero-order valence-corrected chi connectivity index (χ0v) is 12.6. The monoisotopic (exact) mass is 255 g/mol. The average molecular weight is 255 g/mol. The number of hydrogen-bond donors (Lipinski definition) is 1. The number of hydrogen-bond acceptors (Lipinski definition) is 1. The molecule has 1 nitrogen and oxygen atoms in total. The first-order valence-corrected chi connectivity index (χ1v) is 7.21. The second-order valence-electron chi connectivity index (χ2n) is 6.87. The van der Waals surface area contributed by atoms with Gasteiger partial charge in [0.05, 0.1) is 0 Å². The molecule has 102 valence electrons. The Kier molecular flexibility index (Phi) is 3.74. The Bertz CT molecular complexity index is 526. The maximum Gasteiger partial charge on any atom is 0.0248 e. The summed E-state index contributed by atoms with van der Waals surface area (Å²) in [6.45, 7) is 10.0. The maximum absolute atomic E-state index is 5.48. The molecule has 0 spiro atoms. The summed E-state index contributed by atoms with van der Waals surface area (Å²) in [5.74, 6) is 6.36. The highest BCUT2D eigenvalue weighted by atomic mass is 14.5. The van der Waals surface area contributed by atoms with Gasteiger partial charge < -0.3 is 5.73 Å². The first kappa shape index (κ1) is 14.2. The van der Waals surface area contributed by atoms with Crippen LogP contribution in [-0.4, -0.2) is 6.54 Å². The van der Waals surface area contributed by atoms with Crippen molar-refractivity contribution in [1.82, 2.24) is 0 Å². The fourth-order valence-electron chi connectivity index (χ4n) is 2.90. The second-order valence-corrected chi connectivity index (χ2v) is 6.87. The van der Waals surface area contributed by atoms with Crippen molar-refractivity contribution in [2.24, 2.45) is 5.73 Å². The van der Waals surface area contributed by atoms with E-state index in [2.05, 4.69) is 57.7 Å². The molecule has 1 aliphatic carbocycles. The van der Waals surface area contributed by atoms with Crippen molar-refractivity contribution < 1.29 is 0 Å². The molecule has 1 aliphatic rings. The van der Waals surface area contributed by atoms with Crippen LogP contribution < -0.4 is 5.73 Å². The van der Waals surface area contributed by atoms with Crippen molar-refractivity contribution in [2.75, 3.05) is 6.54 Å². The number of nitrogens with two attached hydrogens (primary N) is 1. The highest BCUT2D eigenvalue weighted by molar-refractivity contribution is 5.48. The minimum absolute atomic E-state index is 0.260. The van der Waals surface area contributed by atoms with Gasteiger partial charge in [-0.15, -0.1) is 0 Å². The summed E-state index contributed by atoms with van der Waals surface area (Å²) in [5.41, 5.74) is 10.1. The molecule has 0 saturated carbocycles. The first-order valence-electron chi connectivity index (χ1n) is 7.21. The second kappa shape index (κ2) is 5.02. The Morgan fingerprint density at radius 1 is 1.05 bits per heavy atom. The summed E-state index contributed by atoms with van der Waals surface area (Å²) in [6.07, 6.45) is 3.27. The minimum Gasteiger partial charge on any atom is -0.330 e. The largest absolute Gasteiger partial charge is 0.330 e. The standard InChI is InChI=1S/C18H25N/c1-17(2)10-11-18(3,4)16-13-14(7-5-6-12-19)8-9-15(16)17/h8-9,13H,6,10-12,19H2,1-4H3. The minimum atomic E-state index is 0.260. The lowest BCUT2D eigenvalue weighted by Gasteiger charge is -2.41. The lowest BCUT2D eigenvalue weighted by Crippen LogP contribution is -2.33. The zero-order chi connectivity index (χ0) is 14.1. The van der Waals surface area contributed by atoms with Crippen molar-refractivity contribution in [3.05, 3.63) is 34.9 Å². The number of rotatable bonds is 1. The molecule has 2 N–H and O–H groups in total. The van der Waals surface area contributed by atoms with Crippen LogP contribution in [-0.2, 0) is 10.8 Å². The highest BCUT2D eigenvalue weighted by Crippen LogP contribution is 2.45. The lowest BCUT2D eigenvalue weighted by atomic mass is 9.63. The van der Waals surface area contributed by atoms with Gasteiger partial charge in [-0.25, -0.2) is 0 Å². The van der Waals surface area contributed by atoms with E-state index in [-0.39, 0.29) is 10.8 Å². The first-order chi connectivity index (χ1) is 8.87. The van der Waals surface area contributed by atoms with E-state index in [4.69, 9.17) is 5.73 Å². The van der Waals surface area contributed by atoms with Gasteiger partial charge in [0, 0.05) is 18.5 Å². The fourth-order valence-corrected chi connectivity index (χ4v) is 2.90. The van der Waals surface area contributed by atoms with Crippen LogP contribution >= 0.6 is 0 Å². The third-order valence-corrected chi connectivity index (χ3v) is 4.35. The van der Waals surface area contributed by atoms with Crippen LogP contribution in [0, 0.1) is 11.8 Å². The Hall–Kier alpha value is -1.26. The third kappa shape index (κ3) is 2.85. The highest BCUT2D eigenvalue weighted by Gasteiger charge is 2.36. The van der Waals surface area contributed by atoms with Crippen molar-refractivity contribution in [3.8, 4) is 11.8 Å². The third-order valence-electron chi connectivity index (χ3n) is 4.35. The molecule has 0 radical (unpaired) electrons. The molecular weight excluding hydrogens is 230 g/mol. The van der Waals surface area contributed by atoms with E-state index in [1.54, 1.807) is 0 Å². The van der Waals surface area contributed by atoms with Crippen molar-refractivity contribution in [2.45, 2.75) is 57.8 Å². The van der Waals surface area contributed by atoms with E-state index in [0.29, 0.717) is 6.54 Å². The number of benzene rings is 1. The zero-order valence-electron chi connectivity index (χ0n) is 12.6. The molecule has 1 aromatic carbocycles. The van der Waals surface area contributed by atoms with E-state index in [1.807, 2.05) is 0 Å². The summed E-state index contributed by atoms with van der Waals surface area (Å²) in [5, 5.41) is 0. The Balaban J connectivity index is 2.45. The SMILES string of the molecule is CC1(C)CCC(C)(C)c2cc(C#CCCN)ccc21. The molecule has 0 atom stereocenters. The lowest BCUT2D eigenvalue weighted by molar-refractivity contribution is 0.332. The van der Waals surface area contributed by atoms with Gasteiger partial charge in [0.25, 0.3) is 0 Å². The van der Waals surface area contributed by atoms with Crippen molar-refractivity contribution >= 4 is 0 Å². The van der Waals surface area contributed by atoms with Gasteiger partial charge in [-0.1, -0.05) is 45.6 Å². The van der Waals surface area contributed by atoms with Crippen LogP contribution in [0.4, 0.5) is 0 Å². The van der Waals surface area contributed by atoms with E-state index in [9.17, 15) is 0 Å². The molecule has 0 aromatic heterocycles. The fraction of sp³-hybridized carbons (Fsp3) is 0.556. The Morgan fingerprint density at radius 3 is 2.32 bits per heavy atom. The van der Waals surface area contributed by atoms with Gasteiger partial charge in [0.1, 0.15) is 0 Å². The summed E-state index contributed by atoms with van der Waals surface area (Å²) >= 11 is 0. The van der Waals surface area contributed by atoms with Gasteiger partial charge in [-0.3, -0.25) is 0 Å². The molecule has 0 heterocycles. The normalized spacial score (nSPS) is 19.2. The molecular formula is C18H25N. The smallest absolute Gasteiger partial charge is 0.0248 e. The molecule has 0 fully saturated rings. The predicted molar refractivity (Wildman–Crippen MR) is 82.3 cm³/mol. The molecule has 19 heavy (non-hydrogen) atoms. The van der Waals surface area contributed by atoms with Crippen LogP contribution in [0.25, 0.3) is 0 Å². The summed E-state index contributed by atoms with van der Waals surface area (Å²) in [4.78, 5) is 0. The van der Waals surface area contributed by atoms with E-state index in [1.165, 1.54) is 24.0 Å². The Morgan fingerprint density at radius 2 is 1.68 bits per heavy atom. The molecule has 0 bridgehead atoms. The van der Waals surface area contributed by atoms with Gasteiger partial charge >= 0.3 is 0 Å². The van der Waals surface area contributed by atoms with Gasteiger partial charge in [-0.2, -0.15) is 0 Å². The van der Waals surface area contributed by atoms with Crippen LogP contribution in [0.1, 0.15) is 63.6 Å². The van der Waals surface area contributed by atoms with Crippen LogP contribution in [0.3, 0.4) is 0 Å². The van der Waals surface area contributed by atoms with Gasteiger partial charge in [-0.05, 0) is 46.9 Å². The summed E-state index contributed by atoms with van der Waals surface area (Å²) < 4.78 is 0. The molecule has 2 rings (SSSR count). The predicted octanol–water partition coefficient (Wildman–Crippen LogP) is 3.74. The van der Waals surface area contributed by atoms with Crippen molar-refractivity contribution in [1.29, 1.82) is 0 Å². The van der Waals surface area contributed by atoms with E-state index in [0.717, 1.165) is 12.0 Å². The van der Waals surface area contributed by atoms with E-state index >= 15 is 0 Å². The number of fused-ring (bicyclic) bond motifs is 1. The van der Waals surface area contributed by atoms with Crippen LogP contribution in [0.2, 0.25) is 0 Å². The molecule has 1 heteroatoms. The maximum atomic E-state index is 5.48. The quantitative estimate of drug-likeness (QED) is 0.760. The molecule has 0 aliphatic heterocycles. The molecule has 0 unspecified atom stereocenters. The summed E-state index contributed by atoms with van der Waals surface area (Å²) in [6, 6.07) is 6.73. The average Bonchev–Trinajstić information content (AvgIpc) is 2.36. The topological polar surface area (TPSA) is 26.0 Å². The van der Waals surface area contributed by atoms with Crippen LogP contribution in [0.15, 0.2) is 18.2 Å². The van der Waals surface area contributed by atoms with Gasteiger partial charge in [0.2, 0.25) is 0 Å². The van der Waals surface area contributed by atoms with Gasteiger partial charge in [0.15, 0.2) is 0 Å². The van der Waals surface area contributed by atoms with Crippen LogP contribution in [0.5, 0.6) is 0 Å². The summed E-state index contributed by atoms with van der Waals surface area (Å²) in [7, 11) is 0. The molecule has 0 amide bonds.